The number of carbonyl (C=O) groups excluding carboxylic acids is 2. The van der Waals surface area contributed by atoms with E-state index in [1.807, 2.05) is 6.92 Å². The summed E-state index contributed by atoms with van der Waals surface area (Å²) < 4.78 is 11.0. The van der Waals surface area contributed by atoms with Crippen molar-refractivity contribution in [1.29, 1.82) is 0 Å². The van der Waals surface area contributed by atoms with Crippen LogP contribution in [0.15, 0.2) is 51.8 Å². The van der Waals surface area contributed by atoms with Crippen molar-refractivity contribution in [2.75, 3.05) is 0 Å². The van der Waals surface area contributed by atoms with Gasteiger partial charge in [-0.25, -0.2) is 4.79 Å². The number of hydrogen-bond donors (Lipinski definition) is 3. The molecule has 0 aliphatic carbocycles. The molecule has 4 aromatic rings. The van der Waals surface area contributed by atoms with Crippen LogP contribution in [0.5, 0.6) is 11.5 Å². The van der Waals surface area contributed by atoms with Gasteiger partial charge < -0.3 is 34.5 Å². The number of phenolic OH excluding ortho intramolecular Hbond substituents is 1. The summed E-state index contributed by atoms with van der Waals surface area (Å²) in [5.41, 5.74) is 2.52. The van der Waals surface area contributed by atoms with Crippen LogP contribution in [-0.2, 0) is 16.0 Å². The van der Waals surface area contributed by atoms with Gasteiger partial charge in [0.25, 0.3) is 5.91 Å². The average molecular weight is 463 g/mol. The number of aromatic hydroxyl groups is 1. The molecule has 34 heavy (non-hydrogen) atoms. The molecule has 9 heteroatoms. The van der Waals surface area contributed by atoms with E-state index in [0.717, 1.165) is 16.5 Å². The van der Waals surface area contributed by atoms with Crippen LogP contribution < -0.4 is 20.8 Å². The fourth-order valence-corrected chi connectivity index (χ4v) is 3.80. The molecular weight excluding hydrogens is 440 g/mol. The summed E-state index contributed by atoms with van der Waals surface area (Å²) >= 11 is 0. The van der Waals surface area contributed by atoms with Gasteiger partial charge in [0, 0.05) is 40.5 Å². The first kappa shape index (κ1) is 22.9. The maximum absolute atomic E-state index is 12.7. The maximum atomic E-state index is 12.7. The van der Waals surface area contributed by atoms with Gasteiger partial charge >= 0.3 is 5.63 Å². The number of nitrogens with one attached hydrogen (secondary N) is 2. The number of carbonyl (C=O) groups is 2. The topological polar surface area (TPSA) is 145 Å². The summed E-state index contributed by atoms with van der Waals surface area (Å²) in [7, 11) is 0. The summed E-state index contributed by atoms with van der Waals surface area (Å²) in [6.45, 7) is 4.98. The van der Waals surface area contributed by atoms with Crippen LogP contribution in [-0.4, -0.2) is 34.1 Å². The second kappa shape index (κ2) is 8.93. The molecule has 0 bridgehead atoms. The highest BCUT2D eigenvalue weighted by Crippen LogP contribution is 2.25. The molecule has 4 rings (SSSR count). The second-order valence-corrected chi connectivity index (χ2v) is 8.19. The van der Waals surface area contributed by atoms with E-state index in [2.05, 4.69) is 10.3 Å². The monoisotopic (exact) mass is 463 g/mol. The van der Waals surface area contributed by atoms with Crippen molar-refractivity contribution < 1.29 is 29.0 Å². The molecule has 0 aliphatic heterocycles. The third-order valence-corrected chi connectivity index (χ3v) is 5.89. The van der Waals surface area contributed by atoms with Gasteiger partial charge in [-0.1, -0.05) is 0 Å². The van der Waals surface area contributed by atoms with Crippen LogP contribution in [0, 0.1) is 13.8 Å². The fourth-order valence-electron chi connectivity index (χ4n) is 3.80. The summed E-state index contributed by atoms with van der Waals surface area (Å²) in [6.07, 6.45) is 0.535. The lowest BCUT2D eigenvalue weighted by atomic mass is 10.0. The van der Waals surface area contributed by atoms with Crippen LogP contribution in [0.1, 0.15) is 23.6 Å². The molecular formula is C25H23N2O7-. The number of fused-ring (bicyclic) bond motifs is 2. The van der Waals surface area contributed by atoms with Gasteiger partial charge in [-0.05, 0) is 62.2 Å². The van der Waals surface area contributed by atoms with E-state index < -0.39 is 29.6 Å². The predicted molar refractivity (Wildman–Crippen MR) is 123 cm³/mol. The largest absolute Gasteiger partial charge is 0.548 e. The van der Waals surface area contributed by atoms with Crippen LogP contribution in [0.2, 0.25) is 0 Å². The van der Waals surface area contributed by atoms with Crippen LogP contribution in [0.4, 0.5) is 0 Å². The van der Waals surface area contributed by atoms with E-state index in [-0.39, 0.29) is 12.2 Å². The number of benzene rings is 2. The normalized spacial score (nSPS) is 13.0. The number of carboxylic acids is 1. The van der Waals surface area contributed by atoms with E-state index in [4.69, 9.17) is 9.15 Å². The lowest BCUT2D eigenvalue weighted by molar-refractivity contribution is -0.308. The van der Waals surface area contributed by atoms with Gasteiger partial charge in [0.05, 0.1) is 12.0 Å². The Morgan fingerprint density at radius 2 is 1.91 bits per heavy atom. The molecule has 2 heterocycles. The SMILES string of the molecule is Cc1c(C)c2ccc(O[C@H](C)C(=O)N[C@@H](Cc3c[nH]c4ccc(O)cc34)C(=O)[O-])cc2oc1=O. The van der Waals surface area contributed by atoms with Crippen LogP contribution in [0.3, 0.4) is 0 Å². The molecule has 2 aromatic carbocycles. The van der Waals surface area contributed by atoms with Crippen molar-refractivity contribution in [1.82, 2.24) is 10.3 Å². The number of carboxylic acid groups (broad SMARTS) is 1. The van der Waals surface area contributed by atoms with E-state index in [1.165, 1.54) is 25.1 Å². The van der Waals surface area contributed by atoms with Crippen molar-refractivity contribution in [3.63, 3.8) is 0 Å². The quantitative estimate of drug-likeness (QED) is 0.355. The predicted octanol–water partition coefficient (Wildman–Crippen LogP) is 1.84. The molecule has 0 saturated carbocycles. The summed E-state index contributed by atoms with van der Waals surface area (Å²) in [5.74, 6) is -1.77. The minimum atomic E-state index is -1.45. The first-order valence-corrected chi connectivity index (χ1v) is 10.6. The molecule has 0 saturated heterocycles. The molecule has 2 atom stereocenters. The summed E-state index contributed by atoms with van der Waals surface area (Å²) in [4.78, 5) is 39.4. The van der Waals surface area contributed by atoms with Gasteiger partial charge in [0.2, 0.25) is 0 Å². The molecule has 1 amide bonds. The van der Waals surface area contributed by atoms with Crippen molar-refractivity contribution in [3.8, 4) is 11.5 Å². The maximum Gasteiger partial charge on any atom is 0.339 e. The number of aryl methyl sites for hydroxylation is 1. The number of aromatic amines is 1. The number of ether oxygens (including phenoxy) is 1. The number of aromatic nitrogens is 1. The smallest absolute Gasteiger partial charge is 0.339 e. The fraction of sp³-hybridized carbons (Fsp3) is 0.240. The summed E-state index contributed by atoms with van der Waals surface area (Å²) in [6, 6.07) is 8.28. The van der Waals surface area contributed by atoms with Crippen molar-refractivity contribution in [3.05, 3.63) is 69.7 Å². The number of phenols is 1. The number of hydrogen-bond acceptors (Lipinski definition) is 7. The van der Waals surface area contributed by atoms with E-state index in [1.54, 1.807) is 31.3 Å². The second-order valence-electron chi connectivity index (χ2n) is 8.19. The van der Waals surface area contributed by atoms with Crippen LogP contribution in [0.25, 0.3) is 21.9 Å². The number of rotatable bonds is 7. The molecule has 3 N–H and O–H groups in total. The Labute approximate surface area is 194 Å². The van der Waals surface area contributed by atoms with Gasteiger partial charge in [0.15, 0.2) is 6.10 Å². The Kier molecular flexibility index (Phi) is 6.02. The number of aliphatic carboxylic acids is 1. The number of H-pyrrole nitrogens is 1. The third-order valence-electron chi connectivity index (χ3n) is 5.89. The highest BCUT2D eigenvalue weighted by atomic mass is 16.5. The van der Waals surface area contributed by atoms with Gasteiger partial charge in [-0.3, -0.25) is 4.79 Å². The standard InChI is InChI=1S/C25H24N2O7/c1-12-13(2)25(32)34-22-10-17(5-6-18(12)22)33-14(3)23(29)27-21(24(30)31)8-15-11-26-20-7-4-16(28)9-19(15)20/h4-7,9-11,14,21,26,28H,8H2,1-3H3,(H,27,29)(H,30,31)/p-1/t14-,21+/m1/s1. The van der Waals surface area contributed by atoms with Crippen molar-refractivity contribution in [2.24, 2.45) is 0 Å². The molecule has 0 aliphatic rings. The lowest BCUT2D eigenvalue weighted by Crippen LogP contribution is -2.52. The van der Waals surface area contributed by atoms with E-state index >= 15 is 0 Å². The van der Waals surface area contributed by atoms with Gasteiger partial charge in [-0.15, -0.1) is 0 Å². The van der Waals surface area contributed by atoms with Gasteiger partial charge in [-0.2, -0.15) is 0 Å². The average Bonchev–Trinajstić information content (AvgIpc) is 3.18. The molecule has 9 nitrogen and oxygen atoms in total. The highest BCUT2D eigenvalue weighted by Gasteiger charge is 2.22. The molecule has 0 unspecified atom stereocenters. The lowest BCUT2D eigenvalue weighted by Gasteiger charge is -2.22. The Bertz CT molecular complexity index is 1470. The molecule has 2 aromatic heterocycles. The minimum Gasteiger partial charge on any atom is -0.548 e. The Morgan fingerprint density at radius 1 is 1.15 bits per heavy atom. The summed E-state index contributed by atoms with van der Waals surface area (Å²) in [5, 5.41) is 25.3. The zero-order valence-electron chi connectivity index (χ0n) is 18.8. The molecule has 0 spiro atoms. The third kappa shape index (κ3) is 4.45. The van der Waals surface area contributed by atoms with Gasteiger partial charge in [0.1, 0.15) is 17.1 Å². The first-order valence-electron chi connectivity index (χ1n) is 10.6. The Hall–Kier alpha value is -4.27. The Morgan fingerprint density at radius 3 is 2.65 bits per heavy atom. The first-order chi connectivity index (χ1) is 16.1. The molecule has 0 radical (unpaired) electrons. The van der Waals surface area contributed by atoms with E-state index in [0.29, 0.717) is 27.8 Å². The molecule has 176 valence electrons. The van der Waals surface area contributed by atoms with Crippen molar-refractivity contribution >= 4 is 33.7 Å². The van der Waals surface area contributed by atoms with Crippen LogP contribution >= 0.6 is 0 Å². The minimum absolute atomic E-state index is 0.0426. The van der Waals surface area contributed by atoms with Crippen molar-refractivity contribution in [2.45, 2.75) is 39.3 Å². The zero-order chi connectivity index (χ0) is 24.6. The molecule has 0 fully saturated rings. The van der Waals surface area contributed by atoms with E-state index in [9.17, 15) is 24.6 Å². The number of amides is 1. The Balaban J connectivity index is 1.49. The highest BCUT2D eigenvalue weighted by molar-refractivity contribution is 5.88. The zero-order valence-corrected chi connectivity index (χ0v) is 18.8.